The van der Waals surface area contributed by atoms with Crippen LogP contribution in [-0.2, 0) is 57.4 Å². The number of carboxylic acid groups (broad SMARTS) is 1. The fourth-order valence-electron chi connectivity index (χ4n) is 12.0. The highest BCUT2D eigenvalue weighted by Gasteiger charge is 2.27. The number of aldehydes is 1. The normalized spacial score (nSPS) is 12.2. The van der Waals surface area contributed by atoms with Gasteiger partial charge in [0, 0.05) is 127 Å². The van der Waals surface area contributed by atoms with Crippen molar-refractivity contribution in [3.8, 4) is 0 Å². The quantitative estimate of drug-likeness (QED) is 0.00356. The molecule has 0 radical (unpaired) electrons. The molecular formula is C81H112B3BrCl5IN8O12. The van der Waals surface area contributed by atoms with Gasteiger partial charge in [0.15, 0.2) is 0 Å². The summed E-state index contributed by atoms with van der Waals surface area (Å²) in [5.74, 6) is 0.503. The highest BCUT2D eigenvalue weighted by atomic mass is 127. The van der Waals surface area contributed by atoms with Crippen LogP contribution in [0.15, 0.2) is 150 Å². The number of aliphatic carboxylic acids is 1. The summed E-state index contributed by atoms with van der Waals surface area (Å²) in [4.78, 5) is 60.3. The van der Waals surface area contributed by atoms with E-state index in [4.69, 9.17) is 104 Å². The number of carbonyl (C=O) groups is 5. The number of halogens is 7. The Balaban J connectivity index is 0.000000366. The van der Waals surface area contributed by atoms with Crippen LogP contribution in [0.2, 0.25) is 20.5 Å². The highest BCUT2D eigenvalue weighted by Crippen LogP contribution is 2.34. The van der Waals surface area contributed by atoms with E-state index in [1.807, 2.05) is 172 Å². The fraction of sp³-hybridized carbons (Fsp3) is 0.444. The van der Waals surface area contributed by atoms with Gasteiger partial charge in [0.1, 0.15) is 23.1 Å². The molecule has 13 N–H and O–H groups in total. The minimum atomic E-state index is -0.876. The van der Waals surface area contributed by atoms with Gasteiger partial charge in [0.2, 0.25) is 0 Å². The third-order valence-electron chi connectivity index (χ3n) is 16.1. The van der Waals surface area contributed by atoms with Crippen LogP contribution >= 0.6 is 96.5 Å². The molecule has 8 aromatic rings. The molecule has 0 bridgehead atoms. The maximum Gasteiger partial charge on any atom is 0.373 e. The molecule has 0 spiro atoms. The first-order valence-corrected chi connectivity index (χ1v) is 41.7. The number of nitrogens with zero attached hydrogens (tertiary/aromatic N) is 2. The third kappa shape index (κ3) is 38.4. The van der Waals surface area contributed by atoms with Gasteiger partial charge in [-0.15, -0.1) is 58.0 Å². The Morgan fingerprint density at radius 2 is 0.757 bits per heavy atom. The number of esters is 3. The predicted octanol–water partition coefficient (Wildman–Crippen LogP) is 15.5. The van der Waals surface area contributed by atoms with Gasteiger partial charge in [-0.2, -0.15) is 0 Å². The van der Waals surface area contributed by atoms with E-state index < -0.39 is 50.0 Å². The minimum Gasteiger partial charge on any atom is -0.481 e. The zero-order chi connectivity index (χ0) is 83.2. The summed E-state index contributed by atoms with van der Waals surface area (Å²) < 4.78 is 17.9. The number of ether oxygens (including phenoxy) is 3. The van der Waals surface area contributed by atoms with Gasteiger partial charge in [-0.25, -0.2) is 0 Å². The zero-order valence-corrected chi connectivity index (χ0v) is 73.3. The van der Waals surface area contributed by atoms with Crippen LogP contribution < -0.4 is 42.7 Å². The Morgan fingerprint density at radius 3 is 1.07 bits per heavy atom. The molecule has 0 aliphatic heterocycles. The molecule has 20 nitrogen and oxygen atoms in total. The number of rotatable bonds is 32. The molecule has 0 unspecified atom stereocenters. The molecular weight excluding hydrogens is 1690 g/mol. The number of fused-ring (bicyclic) bond motifs is 4. The summed E-state index contributed by atoms with van der Waals surface area (Å²) in [5.41, 5.74) is 23.3. The van der Waals surface area contributed by atoms with E-state index >= 15 is 0 Å². The number of benzene rings is 8. The molecule has 0 saturated carbocycles. The van der Waals surface area contributed by atoms with Gasteiger partial charge in [0.25, 0.3) is 0 Å². The summed E-state index contributed by atoms with van der Waals surface area (Å²) in [5, 5.41) is 55.4. The molecule has 0 aliphatic rings. The lowest BCUT2D eigenvalue weighted by molar-refractivity contribution is -0.156. The van der Waals surface area contributed by atoms with Crippen LogP contribution in [0.5, 0.6) is 0 Å². The van der Waals surface area contributed by atoms with E-state index in [0.29, 0.717) is 62.2 Å². The molecule has 0 saturated heterocycles. The minimum absolute atomic E-state index is 0.0410. The summed E-state index contributed by atoms with van der Waals surface area (Å²) in [7, 11) is -2.06. The molecule has 8 aromatic carbocycles. The third-order valence-corrected chi connectivity index (χ3v) is 18.6. The fourth-order valence-corrected chi connectivity index (χ4v) is 13.8. The van der Waals surface area contributed by atoms with Gasteiger partial charge >= 0.3 is 45.0 Å². The van der Waals surface area contributed by atoms with Crippen molar-refractivity contribution >= 4 is 214 Å². The smallest absolute Gasteiger partial charge is 0.373 e. The van der Waals surface area contributed by atoms with Gasteiger partial charge in [-0.05, 0) is 171 Å². The Kier molecular flexibility index (Phi) is 45.8. The SMILES string of the molecule is CB(O)N[C@@H](CI)CC(=O)OC(C)(C)C.CB(O)N[C@H](CC(=O)OC(C)(C)C)Cc1ccc(N(CCCl)CCCl)c2ccccc12.CB(O)N[C@H](CC(=O)OC(C)(C)C)Cc1ccc(N)c2ccccc12.N[C@H](CC(=O)O)Cc1ccc(N(CCCl)CCCl)c2ccccc12.Nc1ccc(Br)c2ccccc12.O=CCCl. The second-order valence-electron chi connectivity index (χ2n) is 29.3. The largest absolute Gasteiger partial charge is 0.481 e. The zero-order valence-electron chi connectivity index (χ0n) is 65.8. The second-order valence-corrected chi connectivity index (χ2v) is 32.8. The Labute approximate surface area is 704 Å². The van der Waals surface area contributed by atoms with Crippen molar-refractivity contribution in [3.05, 3.63) is 167 Å². The number of nitrogens with two attached hydrogens (primary N) is 3. The Bertz CT molecular complexity index is 4110. The Hall–Kier alpha value is -5.88. The highest BCUT2D eigenvalue weighted by molar-refractivity contribution is 14.1. The van der Waals surface area contributed by atoms with E-state index in [0.717, 1.165) is 105 Å². The van der Waals surface area contributed by atoms with Crippen LogP contribution in [0.4, 0.5) is 22.7 Å². The summed E-state index contributed by atoms with van der Waals surface area (Å²) in [6.07, 6.45) is 2.93. The Morgan fingerprint density at radius 1 is 0.468 bits per heavy atom. The lowest BCUT2D eigenvalue weighted by atomic mass is 9.85. The molecule has 30 heteroatoms. The maximum absolute atomic E-state index is 12.4. The first kappa shape index (κ1) is 99.3. The van der Waals surface area contributed by atoms with Crippen molar-refractivity contribution in [2.45, 2.75) is 169 Å². The molecule has 0 fully saturated rings. The molecule has 0 aliphatic carbocycles. The van der Waals surface area contributed by atoms with Crippen LogP contribution in [0, 0.1) is 0 Å². The number of carbonyl (C=O) groups excluding carboxylic acids is 4. The molecule has 0 aromatic heterocycles. The van der Waals surface area contributed by atoms with Gasteiger partial charge in [-0.1, -0.05) is 154 Å². The first-order valence-electron chi connectivity index (χ1n) is 36.8. The lowest BCUT2D eigenvalue weighted by Gasteiger charge is -2.26. The van der Waals surface area contributed by atoms with E-state index in [2.05, 4.69) is 100 Å². The van der Waals surface area contributed by atoms with Crippen molar-refractivity contribution in [2.75, 3.05) is 81.3 Å². The van der Waals surface area contributed by atoms with E-state index in [1.54, 1.807) is 20.5 Å². The molecule has 0 amide bonds. The molecule has 4 atom stereocenters. The number of hydrogen-bond donors (Lipinski definition) is 10. The van der Waals surface area contributed by atoms with E-state index in [9.17, 15) is 29.2 Å². The van der Waals surface area contributed by atoms with Crippen molar-refractivity contribution in [3.63, 3.8) is 0 Å². The summed E-state index contributed by atoms with van der Waals surface area (Å²) >= 11 is 34.3. The average molecular weight is 1810 g/mol. The van der Waals surface area contributed by atoms with Crippen LogP contribution in [0.3, 0.4) is 0 Å². The van der Waals surface area contributed by atoms with Crippen LogP contribution in [-0.4, -0.2) is 172 Å². The van der Waals surface area contributed by atoms with E-state index in [-0.39, 0.29) is 67.6 Å². The summed E-state index contributed by atoms with van der Waals surface area (Å²) in [6.45, 7) is 24.4. The molecule has 606 valence electrons. The van der Waals surface area contributed by atoms with Crippen molar-refractivity contribution < 1.29 is 58.4 Å². The van der Waals surface area contributed by atoms with Crippen molar-refractivity contribution in [1.82, 2.24) is 15.7 Å². The number of hydrogen-bond acceptors (Lipinski definition) is 19. The number of carboxylic acids is 1. The topological polar surface area (TPSA) is 315 Å². The predicted molar refractivity (Wildman–Crippen MR) is 480 cm³/mol. The van der Waals surface area contributed by atoms with Gasteiger partial charge in [-0.3, -0.25) is 19.2 Å². The number of anilines is 4. The first-order chi connectivity index (χ1) is 52.3. The van der Waals surface area contributed by atoms with Crippen LogP contribution in [0.25, 0.3) is 43.1 Å². The van der Waals surface area contributed by atoms with Gasteiger partial charge < -0.3 is 81.9 Å². The second kappa shape index (κ2) is 51.2. The number of nitrogen functional groups attached to an aromatic ring is 2. The standard InChI is InChI=1S/C23H33BCl2N2O3.C19H27BN2O3.C18H22Cl2N2O2.C10H8BrN.C9H19BINO3.C2H3ClO/c1-23(2,3)31-22(29)16-18(27-24(4)30)15-17-9-10-21(28(13-11-25)14-12-26)20-8-6-5-7-19(17)20;1-19(2,3)25-18(23)12-14(22-20(4)24)11-13-9-10-17(21)16-8-6-5-7-15(13)16;19-7-9-22(10-8-20)17-6-5-13(11-14(21)12-18(23)24)15-3-1-2-4-16(15)17;11-9-5-6-10(12)8-4-2-1-3-7(8)9;1-9(2,3)15-8(13)5-7(6-11)12-10(4)14;3-1-2-4/h5-10,18,27,30H,11-16H2,1-4H3;5-10,14,22,24H,11-12,21H2,1-4H3;1-6,14H,7-12,21H2,(H,23,24);1-6H,12H2;7,12,14H,5-6H2,1-4H3;2H,1H2/t18-;2*14-;;7-;/m000.1./s1. The monoisotopic (exact) mass is 1800 g/mol. The lowest BCUT2D eigenvalue weighted by Crippen LogP contribution is -2.43. The number of alkyl halides is 6. The van der Waals surface area contributed by atoms with E-state index in [1.165, 1.54) is 0 Å². The maximum atomic E-state index is 12.4. The number of nitrogens with one attached hydrogen (secondary N) is 3. The summed E-state index contributed by atoms with van der Waals surface area (Å²) in [6, 6.07) is 47.3. The van der Waals surface area contributed by atoms with Gasteiger partial charge in [0.05, 0.1) is 31.6 Å². The molecule has 111 heavy (non-hydrogen) atoms. The van der Waals surface area contributed by atoms with Crippen LogP contribution in [0.1, 0.15) is 105 Å². The molecule has 8 rings (SSSR count). The molecule has 0 heterocycles. The van der Waals surface area contributed by atoms with Crippen molar-refractivity contribution in [1.29, 1.82) is 0 Å². The van der Waals surface area contributed by atoms with Crippen molar-refractivity contribution in [2.24, 2.45) is 5.73 Å². The average Bonchev–Trinajstić information content (AvgIpc) is 0.804.